The Hall–Kier alpha value is -1.22. The van der Waals surface area contributed by atoms with E-state index in [9.17, 15) is 9.90 Å². The van der Waals surface area contributed by atoms with Gasteiger partial charge >= 0.3 is 0 Å². The van der Waals surface area contributed by atoms with Crippen LogP contribution in [0.15, 0.2) is 24.3 Å². The summed E-state index contributed by atoms with van der Waals surface area (Å²) in [6.07, 6.45) is 0.732. The normalized spacial score (nSPS) is 14.2. The first-order chi connectivity index (χ1) is 7.52. The zero-order chi connectivity index (χ0) is 12.2. The van der Waals surface area contributed by atoms with E-state index >= 15 is 0 Å². The van der Waals surface area contributed by atoms with Crippen molar-refractivity contribution in [3.05, 3.63) is 29.8 Å². The third kappa shape index (κ3) is 2.89. The lowest BCUT2D eigenvalue weighted by atomic mass is 10.0. The highest BCUT2D eigenvalue weighted by Crippen LogP contribution is 2.18. The summed E-state index contributed by atoms with van der Waals surface area (Å²) in [6, 6.07) is 6.44. The Labute approximate surface area is 100 Å². The summed E-state index contributed by atoms with van der Waals surface area (Å²) in [5, 5.41) is 12.3. The maximum atomic E-state index is 11.9. The summed E-state index contributed by atoms with van der Waals surface area (Å²) in [4.78, 5) is 11.9. The summed E-state index contributed by atoms with van der Waals surface area (Å²) in [5.41, 5.74) is -0.173. The number of rotatable bonds is 4. The minimum Gasteiger partial charge on any atom is -0.507 e. The van der Waals surface area contributed by atoms with Crippen LogP contribution >= 0.6 is 11.6 Å². The van der Waals surface area contributed by atoms with Crippen LogP contribution in [-0.4, -0.2) is 22.4 Å². The number of hydrogen-bond donors (Lipinski definition) is 2. The highest BCUT2D eigenvalue weighted by atomic mass is 35.5. The smallest absolute Gasteiger partial charge is 0.255 e. The second-order valence-electron chi connectivity index (χ2n) is 4.02. The van der Waals surface area contributed by atoms with Crippen molar-refractivity contribution in [1.29, 1.82) is 0 Å². The van der Waals surface area contributed by atoms with E-state index in [1.165, 1.54) is 6.07 Å². The molecule has 1 atom stereocenters. The van der Waals surface area contributed by atoms with E-state index in [1.807, 2.05) is 13.8 Å². The fraction of sp³-hybridized carbons (Fsp3) is 0.417. The molecule has 88 valence electrons. The number of phenolic OH excluding ortho intramolecular Hbond substituents is 1. The molecule has 2 N–H and O–H groups in total. The van der Waals surface area contributed by atoms with Gasteiger partial charge < -0.3 is 10.4 Å². The Kier molecular flexibility index (Phi) is 4.19. The van der Waals surface area contributed by atoms with E-state index in [-0.39, 0.29) is 17.2 Å². The Morgan fingerprint density at radius 1 is 1.50 bits per heavy atom. The van der Waals surface area contributed by atoms with E-state index in [1.54, 1.807) is 18.2 Å². The van der Waals surface area contributed by atoms with Crippen molar-refractivity contribution in [3.63, 3.8) is 0 Å². The lowest BCUT2D eigenvalue weighted by Gasteiger charge is -2.27. The van der Waals surface area contributed by atoms with Crippen molar-refractivity contribution in [2.24, 2.45) is 0 Å². The van der Waals surface area contributed by atoms with Crippen molar-refractivity contribution < 1.29 is 9.90 Å². The van der Waals surface area contributed by atoms with Gasteiger partial charge in [0, 0.05) is 5.88 Å². The number of carbonyl (C=O) groups is 1. The molecule has 0 saturated carbocycles. The third-order valence-electron chi connectivity index (χ3n) is 2.64. The number of alkyl halides is 1. The topological polar surface area (TPSA) is 49.3 Å². The molecule has 0 fully saturated rings. The second kappa shape index (κ2) is 5.21. The number of hydrogen-bond acceptors (Lipinski definition) is 2. The summed E-state index contributed by atoms with van der Waals surface area (Å²) >= 11 is 5.80. The maximum Gasteiger partial charge on any atom is 0.255 e. The molecule has 1 aromatic carbocycles. The van der Waals surface area contributed by atoms with E-state index in [4.69, 9.17) is 11.6 Å². The molecule has 1 amide bonds. The number of nitrogens with one attached hydrogen (secondary N) is 1. The molecule has 16 heavy (non-hydrogen) atoms. The highest BCUT2D eigenvalue weighted by molar-refractivity contribution is 6.18. The van der Waals surface area contributed by atoms with Crippen LogP contribution in [0.3, 0.4) is 0 Å². The molecule has 0 aromatic heterocycles. The Morgan fingerprint density at radius 2 is 2.12 bits per heavy atom. The van der Waals surface area contributed by atoms with Crippen molar-refractivity contribution in [2.75, 3.05) is 5.88 Å². The first-order valence-corrected chi connectivity index (χ1v) is 5.72. The predicted molar refractivity (Wildman–Crippen MR) is 65.0 cm³/mol. The standard InChI is InChI=1S/C12H16ClNO2/c1-3-12(2,8-13)14-11(16)9-6-4-5-7-10(9)15/h4-7,15H,3,8H2,1-2H3,(H,14,16). The highest BCUT2D eigenvalue weighted by Gasteiger charge is 2.24. The van der Waals surface area contributed by atoms with Gasteiger partial charge in [0.1, 0.15) is 5.75 Å². The van der Waals surface area contributed by atoms with Crippen LogP contribution in [0.2, 0.25) is 0 Å². The molecule has 0 heterocycles. The quantitative estimate of drug-likeness (QED) is 0.796. The molecular weight excluding hydrogens is 226 g/mol. The number of phenols is 1. The van der Waals surface area contributed by atoms with Crippen LogP contribution in [-0.2, 0) is 0 Å². The molecule has 4 heteroatoms. The number of para-hydroxylation sites is 1. The van der Waals surface area contributed by atoms with E-state index < -0.39 is 5.54 Å². The molecule has 0 saturated heterocycles. The van der Waals surface area contributed by atoms with Crippen molar-refractivity contribution in [3.8, 4) is 5.75 Å². The zero-order valence-corrected chi connectivity index (χ0v) is 10.2. The number of benzene rings is 1. The first kappa shape index (κ1) is 12.8. The van der Waals surface area contributed by atoms with Gasteiger partial charge in [0.05, 0.1) is 11.1 Å². The van der Waals surface area contributed by atoms with Crippen LogP contribution in [0.4, 0.5) is 0 Å². The van der Waals surface area contributed by atoms with Crippen LogP contribution in [0.1, 0.15) is 30.6 Å². The van der Waals surface area contributed by atoms with Crippen molar-refractivity contribution in [1.82, 2.24) is 5.32 Å². The van der Waals surface area contributed by atoms with Gasteiger partial charge in [0.15, 0.2) is 0 Å². The van der Waals surface area contributed by atoms with Crippen LogP contribution < -0.4 is 5.32 Å². The van der Waals surface area contributed by atoms with Gasteiger partial charge in [-0.3, -0.25) is 4.79 Å². The van der Waals surface area contributed by atoms with Crippen LogP contribution in [0.25, 0.3) is 0 Å². The minimum atomic E-state index is -0.444. The van der Waals surface area contributed by atoms with Gasteiger partial charge in [-0.2, -0.15) is 0 Å². The van der Waals surface area contributed by atoms with Crippen LogP contribution in [0.5, 0.6) is 5.75 Å². The van der Waals surface area contributed by atoms with E-state index in [0.29, 0.717) is 5.88 Å². The van der Waals surface area contributed by atoms with Gasteiger partial charge in [0.2, 0.25) is 0 Å². The van der Waals surface area contributed by atoms with Crippen LogP contribution in [0, 0.1) is 0 Å². The Balaban J connectivity index is 2.84. The summed E-state index contributed by atoms with van der Waals surface area (Å²) in [6.45, 7) is 3.82. The third-order valence-corrected chi connectivity index (χ3v) is 3.23. The number of amides is 1. The fourth-order valence-corrected chi connectivity index (χ4v) is 1.48. The van der Waals surface area contributed by atoms with Gasteiger partial charge in [-0.05, 0) is 25.5 Å². The minimum absolute atomic E-state index is 0.0203. The predicted octanol–water partition coefficient (Wildman–Crippen LogP) is 2.53. The average Bonchev–Trinajstić information content (AvgIpc) is 2.29. The molecule has 3 nitrogen and oxygen atoms in total. The molecule has 0 radical (unpaired) electrons. The van der Waals surface area contributed by atoms with Crippen molar-refractivity contribution in [2.45, 2.75) is 25.8 Å². The summed E-state index contributed by atoms with van der Waals surface area (Å²) in [5.74, 6) is 0.0131. The summed E-state index contributed by atoms with van der Waals surface area (Å²) in [7, 11) is 0. The SMILES string of the molecule is CCC(C)(CCl)NC(=O)c1ccccc1O. The summed E-state index contributed by atoms with van der Waals surface area (Å²) < 4.78 is 0. The van der Waals surface area contributed by atoms with Gasteiger partial charge in [-0.15, -0.1) is 11.6 Å². The molecule has 0 aliphatic carbocycles. The monoisotopic (exact) mass is 241 g/mol. The molecule has 1 unspecified atom stereocenters. The lowest BCUT2D eigenvalue weighted by molar-refractivity contribution is 0.0909. The van der Waals surface area contributed by atoms with E-state index in [2.05, 4.69) is 5.32 Å². The number of halogens is 1. The largest absolute Gasteiger partial charge is 0.507 e. The molecule has 0 spiro atoms. The molecule has 1 aromatic rings. The first-order valence-electron chi connectivity index (χ1n) is 5.19. The maximum absolute atomic E-state index is 11.9. The fourth-order valence-electron chi connectivity index (χ4n) is 1.22. The lowest BCUT2D eigenvalue weighted by Crippen LogP contribution is -2.47. The number of carbonyl (C=O) groups excluding carboxylic acids is 1. The van der Waals surface area contributed by atoms with Gasteiger partial charge in [0.25, 0.3) is 5.91 Å². The van der Waals surface area contributed by atoms with Gasteiger partial charge in [-0.1, -0.05) is 19.1 Å². The van der Waals surface area contributed by atoms with Gasteiger partial charge in [-0.25, -0.2) is 0 Å². The number of aromatic hydroxyl groups is 1. The molecule has 1 rings (SSSR count). The molecular formula is C12H16ClNO2. The second-order valence-corrected chi connectivity index (χ2v) is 4.29. The Bertz CT molecular complexity index is 375. The Morgan fingerprint density at radius 3 is 2.62 bits per heavy atom. The molecule has 0 bridgehead atoms. The molecule has 0 aliphatic rings. The average molecular weight is 242 g/mol. The van der Waals surface area contributed by atoms with Crippen molar-refractivity contribution >= 4 is 17.5 Å². The molecule has 0 aliphatic heterocycles. The van der Waals surface area contributed by atoms with E-state index in [0.717, 1.165) is 6.42 Å². The zero-order valence-electron chi connectivity index (χ0n) is 9.46.